The summed E-state index contributed by atoms with van der Waals surface area (Å²) < 4.78 is 16.6. The lowest BCUT2D eigenvalue weighted by Crippen LogP contribution is -2.39. The number of nitro groups is 1. The van der Waals surface area contributed by atoms with Crippen molar-refractivity contribution < 1.29 is 23.9 Å². The van der Waals surface area contributed by atoms with Gasteiger partial charge in [-0.3, -0.25) is 19.8 Å². The third-order valence-corrected chi connectivity index (χ3v) is 7.15. The van der Waals surface area contributed by atoms with Crippen LogP contribution in [0, 0.1) is 10.1 Å². The fourth-order valence-electron chi connectivity index (χ4n) is 3.62. The van der Waals surface area contributed by atoms with E-state index in [9.17, 15) is 14.9 Å². The smallest absolute Gasteiger partial charge is 0.286 e. The molecule has 1 heterocycles. The van der Waals surface area contributed by atoms with E-state index >= 15 is 0 Å². The quantitative estimate of drug-likeness (QED) is 0.230. The first kappa shape index (κ1) is 29.4. The molecule has 0 radical (unpaired) electrons. The minimum Gasteiger partial charge on any atom is -0.494 e. The van der Waals surface area contributed by atoms with Gasteiger partial charge in [0, 0.05) is 19.2 Å². The lowest BCUT2D eigenvalue weighted by Gasteiger charge is -2.25. The van der Waals surface area contributed by atoms with Crippen molar-refractivity contribution in [1.82, 2.24) is 9.88 Å². The highest BCUT2D eigenvalue weighted by Gasteiger charge is 2.31. The summed E-state index contributed by atoms with van der Waals surface area (Å²) in [4.78, 5) is 33.3. The highest BCUT2D eigenvalue weighted by Crippen LogP contribution is 2.40. The molecule has 0 bridgehead atoms. The first-order valence-corrected chi connectivity index (χ1v) is 12.1. The van der Waals surface area contributed by atoms with Crippen LogP contribution < -0.4 is 19.1 Å². The highest BCUT2D eigenvalue weighted by atomic mass is 35.5. The summed E-state index contributed by atoms with van der Waals surface area (Å²) in [5.41, 5.74) is -0.0100. The van der Waals surface area contributed by atoms with E-state index in [0.717, 1.165) is 13.1 Å². The molecule has 1 aromatic heterocycles. The number of nitrogens with zero attached hydrogens (tertiary/aromatic N) is 4. The zero-order chi connectivity index (χ0) is 25.7. The van der Waals surface area contributed by atoms with Crippen LogP contribution in [0.1, 0.15) is 24.2 Å². The van der Waals surface area contributed by atoms with Crippen LogP contribution >= 0.6 is 35.3 Å². The van der Waals surface area contributed by atoms with Gasteiger partial charge in [0.05, 0.1) is 42.0 Å². The molecule has 0 aliphatic heterocycles. The fourth-order valence-corrected chi connectivity index (χ4v) is 4.90. The van der Waals surface area contributed by atoms with Crippen LogP contribution in [0.5, 0.6) is 17.2 Å². The largest absolute Gasteiger partial charge is 0.494 e. The van der Waals surface area contributed by atoms with Gasteiger partial charge < -0.3 is 19.1 Å². The molecule has 0 saturated carbocycles. The van der Waals surface area contributed by atoms with Gasteiger partial charge in [-0.15, -0.1) is 12.4 Å². The van der Waals surface area contributed by atoms with Gasteiger partial charge >= 0.3 is 0 Å². The SMILES string of the molecule is CCN(CC)CCN(C(=O)c1cc(OC)c(OC)cc1[N+](=O)[O-])c1nc2c(OC)ccc(Cl)c2s1.Cl. The lowest BCUT2D eigenvalue weighted by atomic mass is 10.1. The summed E-state index contributed by atoms with van der Waals surface area (Å²) in [5, 5.41) is 12.7. The minimum atomic E-state index is -0.615. The molecule has 1 amide bonds. The summed E-state index contributed by atoms with van der Waals surface area (Å²) in [7, 11) is 4.30. The summed E-state index contributed by atoms with van der Waals surface area (Å²) in [6.07, 6.45) is 0. The van der Waals surface area contributed by atoms with Gasteiger partial charge in [0.2, 0.25) is 0 Å². The number of benzene rings is 2. The van der Waals surface area contributed by atoms with Crippen molar-refractivity contribution in [3.8, 4) is 17.2 Å². The Hall–Kier alpha value is -2.86. The molecule has 0 aliphatic carbocycles. The van der Waals surface area contributed by atoms with Crippen molar-refractivity contribution in [3.05, 3.63) is 45.0 Å². The Bertz CT molecular complexity index is 1240. The number of halogens is 2. The Morgan fingerprint density at radius 1 is 1.06 bits per heavy atom. The number of rotatable bonds is 11. The van der Waals surface area contributed by atoms with Crippen molar-refractivity contribution in [1.29, 1.82) is 0 Å². The monoisotopic (exact) mass is 558 g/mol. The Morgan fingerprint density at radius 2 is 1.67 bits per heavy atom. The Labute approximate surface area is 224 Å². The summed E-state index contributed by atoms with van der Waals surface area (Å²) >= 11 is 7.62. The van der Waals surface area contributed by atoms with E-state index in [-0.39, 0.29) is 36.0 Å². The molecule has 10 nitrogen and oxygen atoms in total. The third-order valence-electron chi connectivity index (χ3n) is 5.61. The van der Waals surface area contributed by atoms with Crippen LogP contribution in [0.3, 0.4) is 0 Å². The molecular weight excluding hydrogens is 531 g/mol. The van der Waals surface area contributed by atoms with Gasteiger partial charge in [0.1, 0.15) is 16.8 Å². The number of amides is 1. The Morgan fingerprint density at radius 3 is 2.22 bits per heavy atom. The molecular formula is C23H28Cl2N4O6S. The van der Waals surface area contributed by atoms with Crippen molar-refractivity contribution in [2.45, 2.75) is 13.8 Å². The van der Waals surface area contributed by atoms with E-state index in [1.807, 2.05) is 13.8 Å². The molecule has 3 rings (SSSR count). The summed E-state index contributed by atoms with van der Waals surface area (Å²) in [5.74, 6) is 0.292. The highest BCUT2D eigenvalue weighted by molar-refractivity contribution is 7.23. The molecule has 0 fully saturated rings. The van der Waals surface area contributed by atoms with Gasteiger partial charge in [-0.25, -0.2) is 4.98 Å². The summed E-state index contributed by atoms with van der Waals surface area (Å²) in [6.45, 7) is 6.42. The molecule has 196 valence electrons. The third kappa shape index (κ3) is 5.92. The van der Waals surface area contributed by atoms with Crippen molar-refractivity contribution in [2.75, 3.05) is 52.4 Å². The van der Waals surface area contributed by atoms with Crippen LogP contribution in [0.4, 0.5) is 10.8 Å². The number of likely N-dealkylation sites (N-methyl/N-ethyl adjacent to an activating group) is 1. The van der Waals surface area contributed by atoms with E-state index in [0.29, 0.717) is 32.7 Å². The van der Waals surface area contributed by atoms with E-state index in [1.54, 1.807) is 12.1 Å². The van der Waals surface area contributed by atoms with Gasteiger partial charge in [-0.1, -0.05) is 36.8 Å². The summed E-state index contributed by atoms with van der Waals surface area (Å²) in [6, 6.07) is 5.92. The maximum atomic E-state index is 13.9. The molecule has 0 unspecified atom stereocenters. The number of carbonyl (C=O) groups excluding carboxylic acids is 1. The number of nitro benzene ring substituents is 1. The molecule has 13 heteroatoms. The molecule has 0 N–H and O–H groups in total. The number of anilines is 1. The lowest BCUT2D eigenvalue weighted by molar-refractivity contribution is -0.385. The Kier molecular flexibility index (Phi) is 10.5. The zero-order valence-corrected chi connectivity index (χ0v) is 23.0. The number of ether oxygens (including phenoxy) is 3. The second-order valence-electron chi connectivity index (χ2n) is 7.39. The standard InChI is InChI=1S/C23H27ClN4O6S.ClH/c1-6-26(7-2)10-11-27(23-25-20-17(32-3)9-8-15(24)21(20)35-23)22(29)14-12-18(33-4)19(34-5)13-16(14)28(30)31;/h8-9,12-13H,6-7,10-11H2,1-5H3;1H. The van der Waals surface area contributed by atoms with Crippen LogP contribution in [0.15, 0.2) is 24.3 Å². The molecule has 0 aliphatic rings. The minimum absolute atomic E-state index is 0. The first-order chi connectivity index (χ1) is 16.8. The number of hydrogen-bond donors (Lipinski definition) is 0. The van der Waals surface area contributed by atoms with E-state index < -0.39 is 16.5 Å². The number of hydrogen-bond acceptors (Lipinski definition) is 9. The number of fused-ring (bicyclic) bond motifs is 1. The maximum Gasteiger partial charge on any atom is 0.286 e. The second-order valence-corrected chi connectivity index (χ2v) is 8.77. The topological polar surface area (TPSA) is 107 Å². The van der Waals surface area contributed by atoms with Gasteiger partial charge in [0.25, 0.3) is 11.6 Å². The van der Waals surface area contributed by atoms with Crippen molar-refractivity contribution in [3.63, 3.8) is 0 Å². The van der Waals surface area contributed by atoms with Crippen LogP contribution in [0.25, 0.3) is 10.2 Å². The predicted molar refractivity (Wildman–Crippen MR) is 144 cm³/mol. The van der Waals surface area contributed by atoms with Gasteiger partial charge in [-0.05, 0) is 25.2 Å². The van der Waals surface area contributed by atoms with Crippen LogP contribution in [-0.4, -0.2) is 68.2 Å². The molecule has 3 aromatic rings. The van der Waals surface area contributed by atoms with E-state index in [4.69, 9.17) is 25.8 Å². The Balaban J connectivity index is 0.00000456. The van der Waals surface area contributed by atoms with Crippen LogP contribution in [-0.2, 0) is 0 Å². The van der Waals surface area contributed by atoms with E-state index in [1.165, 1.54) is 49.7 Å². The van der Waals surface area contributed by atoms with Gasteiger partial charge in [0.15, 0.2) is 16.6 Å². The van der Waals surface area contributed by atoms with Crippen LogP contribution in [0.2, 0.25) is 5.02 Å². The molecule has 2 aromatic carbocycles. The molecule has 0 spiro atoms. The maximum absolute atomic E-state index is 13.9. The van der Waals surface area contributed by atoms with Crippen molar-refractivity contribution >= 4 is 62.3 Å². The average molecular weight is 559 g/mol. The first-order valence-electron chi connectivity index (χ1n) is 10.9. The van der Waals surface area contributed by atoms with Gasteiger partial charge in [-0.2, -0.15) is 0 Å². The van der Waals surface area contributed by atoms with Crippen molar-refractivity contribution in [2.24, 2.45) is 0 Å². The zero-order valence-electron chi connectivity index (χ0n) is 20.6. The predicted octanol–water partition coefficient (Wildman–Crippen LogP) is 5.29. The molecule has 0 saturated heterocycles. The molecule has 0 atom stereocenters. The number of thiazole rings is 1. The number of methoxy groups -OCH3 is 3. The molecule has 36 heavy (non-hydrogen) atoms. The normalized spacial score (nSPS) is 10.8. The number of aromatic nitrogens is 1. The second kappa shape index (κ2) is 12.9. The van der Waals surface area contributed by atoms with E-state index in [2.05, 4.69) is 9.88 Å². The average Bonchev–Trinajstić information content (AvgIpc) is 3.31. The number of carbonyl (C=O) groups is 1. The fraction of sp³-hybridized carbons (Fsp3) is 0.391.